The molecule has 0 aromatic heterocycles. The van der Waals surface area contributed by atoms with Gasteiger partial charge in [-0.3, -0.25) is 9.59 Å². The first-order valence-corrected chi connectivity index (χ1v) is 5.78. The first-order valence-electron chi connectivity index (χ1n) is 5.37. The Kier molecular flexibility index (Phi) is 4.67. The van der Waals surface area contributed by atoms with E-state index in [0.29, 0.717) is 5.92 Å². The summed E-state index contributed by atoms with van der Waals surface area (Å²) >= 11 is 4.59. The van der Waals surface area contributed by atoms with Crippen LogP contribution in [0.25, 0.3) is 0 Å². The molecule has 0 heterocycles. The predicted molar refractivity (Wildman–Crippen MR) is 64.7 cm³/mol. The maximum absolute atomic E-state index is 11.4. The minimum absolute atomic E-state index is 0.0526. The average Bonchev–Trinajstić information content (AvgIpc) is 2.10. The molecular weight excluding hydrogens is 226 g/mol. The van der Waals surface area contributed by atoms with Crippen molar-refractivity contribution < 1.29 is 9.59 Å². The van der Waals surface area contributed by atoms with Gasteiger partial charge in [-0.2, -0.15) is 0 Å². The van der Waals surface area contributed by atoms with Gasteiger partial charge in [0.25, 0.3) is 0 Å². The van der Waals surface area contributed by atoms with Gasteiger partial charge in [0.2, 0.25) is 0 Å². The van der Waals surface area contributed by atoms with Crippen LogP contribution in [0.4, 0.5) is 0 Å². The lowest BCUT2D eigenvalue weighted by molar-refractivity contribution is -0.139. The highest BCUT2D eigenvalue weighted by Gasteiger charge is 2.26. The number of carbonyl (C=O) groups is 2. The van der Waals surface area contributed by atoms with Gasteiger partial charge in [0, 0.05) is 6.04 Å². The van der Waals surface area contributed by atoms with E-state index in [-0.39, 0.29) is 17.6 Å². The van der Waals surface area contributed by atoms with Crippen molar-refractivity contribution in [3.8, 4) is 0 Å². The molecule has 0 aromatic carbocycles. The molecule has 0 bridgehead atoms. The molecule has 1 aliphatic carbocycles. The molecule has 0 aromatic rings. The van der Waals surface area contributed by atoms with E-state index in [0.717, 1.165) is 12.8 Å². The van der Waals surface area contributed by atoms with E-state index in [1.54, 1.807) is 0 Å². The fourth-order valence-electron chi connectivity index (χ4n) is 1.58. The van der Waals surface area contributed by atoms with Crippen molar-refractivity contribution in [3.05, 3.63) is 0 Å². The van der Waals surface area contributed by atoms with Gasteiger partial charge in [0.05, 0.1) is 11.5 Å². The molecule has 1 aliphatic rings. The summed E-state index contributed by atoms with van der Waals surface area (Å²) in [6.07, 6.45) is 3.45. The molecule has 0 radical (unpaired) electrons. The zero-order chi connectivity index (χ0) is 12.1. The molecule has 16 heavy (non-hydrogen) atoms. The maximum Gasteiger partial charge on any atom is 0.309 e. The zero-order valence-electron chi connectivity index (χ0n) is 9.29. The van der Waals surface area contributed by atoms with Gasteiger partial charge in [0.1, 0.15) is 0 Å². The van der Waals surface area contributed by atoms with Gasteiger partial charge in [-0.15, -0.1) is 0 Å². The molecular formula is C10H17N3O2S. The minimum Gasteiger partial charge on any atom is -0.392 e. The molecule has 5 nitrogen and oxygen atoms in total. The number of thiocarbonyl (C=S) groups is 1. The predicted octanol–water partition coefficient (Wildman–Crippen LogP) is -0.306. The number of carbonyl (C=O) groups excluding carboxylic acids is 2. The molecule has 0 aliphatic heterocycles. The Balaban J connectivity index is 2.27. The fraction of sp³-hybridized carbons (Fsp3) is 0.700. The van der Waals surface area contributed by atoms with E-state index < -0.39 is 11.8 Å². The summed E-state index contributed by atoms with van der Waals surface area (Å²) in [6.45, 7) is 1.97. The van der Waals surface area contributed by atoms with Crippen LogP contribution in [0.15, 0.2) is 0 Å². The third-order valence-electron chi connectivity index (χ3n) is 2.85. The van der Waals surface area contributed by atoms with Gasteiger partial charge >= 0.3 is 11.8 Å². The number of hydrogen-bond donors (Lipinski definition) is 3. The van der Waals surface area contributed by atoms with E-state index in [4.69, 9.17) is 5.73 Å². The summed E-state index contributed by atoms with van der Waals surface area (Å²) in [6, 6.07) is 0.0526. The molecule has 2 amide bonds. The lowest BCUT2D eigenvalue weighted by atomic mass is 9.80. The minimum atomic E-state index is -0.682. The van der Waals surface area contributed by atoms with Crippen LogP contribution < -0.4 is 16.4 Å². The van der Waals surface area contributed by atoms with Crippen LogP contribution in [0.5, 0.6) is 0 Å². The van der Waals surface area contributed by atoms with Gasteiger partial charge in [-0.1, -0.05) is 18.6 Å². The van der Waals surface area contributed by atoms with Crippen molar-refractivity contribution in [2.24, 2.45) is 11.7 Å². The lowest BCUT2D eigenvalue weighted by Gasteiger charge is -2.31. The molecule has 6 heteroatoms. The van der Waals surface area contributed by atoms with E-state index in [9.17, 15) is 9.59 Å². The number of rotatable bonds is 4. The second-order valence-electron chi connectivity index (χ2n) is 4.10. The van der Waals surface area contributed by atoms with Crippen LogP contribution in [-0.2, 0) is 9.59 Å². The van der Waals surface area contributed by atoms with E-state index in [1.165, 1.54) is 6.42 Å². The summed E-state index contributed by atoms with van der Waals surface area (Å²) in [4.78, 5) is 22.8. The smallest absolute Gasteiger partial charge is 0.309 e. The highest BCUT2D eigenvalue weighted by atomic mass is 32.1. The highest BCUT2D eigenvalue weighted by Crippen LogP contribution is 2.29. The third-order valence-corrected chi connectivity index (χ3v) is 2.99. The van der Waals surface area contributed by atoms with Crippen LogP contribution in [0, 0.1) is 5.92 Å². The molecule has 4 N–H and O–H groups in total. The Morgan fingerprint density at radius 2 is 2.06 bits per heavy atom. The number of nitrogens with one attached hydrogen (secondary N) is 2. The topological polar surface area (TPSA) is 84.2 Å². The van der Waals surface area contributed by atoms with Crippen molar-refractivity contribution >= 4 is 29.0 Å². The molecule has 0 saturated heterocycles. The summed E-state index contributed by atoms with van der Waals surface area (Å²) in [5.74, 6) is -0.790. The zero-order valence-corrected chi connectivity index (χ0v) is 10.1. The van der Waals surface area contributed by atoms with Crippen LogP contribution >= 0.6 is 12.2 Å². The highest BCUT2D eigenvalue weighted by molar-refractivity contribution is 7.80. The van der Waals surface area contributed by atoms with E-state index in [1.807, 2.05) is 6.92 Å². The Morgan fingerprint density at radius 3 is 2.50 bits per heavy atom. The summed E-state index contributed by atoms with van der Waals surface area (Å²) in [5.41, 5.74) is 5.21. The largest absolute Gasteiger partial charge is 0.392 e. The van der Waals surface area contributed by atoms with Gasteiger partial charge in [-0.05, 0) is 25.7 Å². The number of nitrogens with two attached hydrogens (primary N) is 1. The Hall–Kier alpha value is -1.17. The lowest BCUT2D eigenvalue weighted by Crippen LogP contribution is -2.48. The van der Waals surface area contributed by atoms with Gasteiger partial charge < -0.3 is 16.4 Å². The van der Waals surface area contributed by atoms with E-state index >= 15 is 0 Å². The van der Waals surface area contributed by atoms with Crippen molar-refractivity contribution in [2.45, 2.75) is 32.2 Å². The molecule has 1 fully saturated rings. The average molecular weight is 243 g/mol. The molecule has 1 unspecified atom stereocenters. The Bertz CT molecular complexity index is 302. The van der Waals surface area contributed by atoms with Crippen LogP contribution in [0.3, 0.4) is 0 Å². The molecule has 1 atom stereocenters. The maximum atomic E-state index is 11.4. The standard InChI is InChI=1S/C10H17N3O2S/c1-6(7-3-2-4-7)13-10(15)9(14)12-5-8(11)16/h6-7H,2-5H2,1H3,(H2,11,16)(H,12,14)(H,13,15). The molecule has 0 spiro atoms. The molecule has 1 rings (SSSR count). The molecule has 1 saturated carbocycles. The Morgan fingerprint density at radius 1 is 1.44 bits per heavy atom. The van der Waals surface area contributed by atoms with Crippen molar-refractivity contribution in [2.75, 3.05) is 6.54 Å². The van der Waals surface area contributed by atoms with Crippen LogP contribution in [0.2, 0.25) is 0 Å². The van der Waals surface area contributed by atoms with Crippen molar-refractivity contribution in [1.82, 2.24) is 10.6 Å². The van der Waals surface area contributed by atoms with Crippen molar-refractivity contribution in [1.29, 1.82) is 0 Å². The second kappa shape index (κ2) is 5.79. The summed E-state index contributed by atoms with van der Waals surface area (Å²) in [7, 11) is 0. The summed E-state index contributed by atoms with van der Waals surface area (Å²) < 4.78 is 0. The Labute approximate surface area is 100 Å². The van der Waals surface area contributed by atoms with Crippen LogP contribution in [0.1, 0.15) is 26.2 Å². The van der Waals surface area contributed by atoms with E-state index in [2.05, 4.69) is 22.9 Å². The quantitative estimate of drug-likeness (QED) is 0.467. The van der Waals surface area contributed by atoms with Gasteiger partial charge in [0.15, 0.2) is 0 Å². The molecule has 90 valence electrons. The first-order chi connectivity index (χ1) is 7.50. The first kappa shape index (κ1) is 12.9. The monoisotopic (exact) mass is 243 g/mol. The number of hydrogen-bond acceptors (Lipinski definition) is 3. The van der Waals surface area contributed by atoms with Crippen molar-refractivity contribution in [3.63, 3.8) is 0 Å². The summed E-state index contributed by atoms with van der Waals surface area (Å²) in [5, 5.41) is 5.02. The fourth-order valence-corrected chi connectivity index (χ4v) is 1.65. The van der Waals surface area contributed by atoms with Gasteiger partial charge in [-0.25, -0.2) is 0 Å². The second-order valence-corrected chi connectivity index (χ2v) is 4.63. The third kappa shape index (κ3) is 3.77. The van der Waals surface area contributed by atoms with Crippen LogP contribution in [-0.4, -0.2) is 29.4 Å². The number of amides is 2. The normalized spacial score (nSPS) is 17.1. The SMILES string of the molecule is CC(NC(=O)C(=O)NCC(N)=S)C1CCC1.